The third-order valence-electron chi connectivity index (χ3n) is 15.2. The lowest BCUT2D eigenvalue weighted by atomic mass is 9.47. The average molecular weight is 870 g/mol. The fourth-order valence-corrected chi connectivity index (χ4v) is 13.1. The molecule has 1 aliphatic carbocycles. The van der Waals surface area contributed by atoms with E-state index in [0.717, 1.165) is 46.5 Å². The summed E-state index contributed by atoms with van der Waals surface area (Å²) in [4.78, 5) is 39.3. The number of methoxy groups -OCH3 is 2. The summed E-state index contributed by atoms with van der Waals surface area (Å²) in [6, 6.07) is 11.0. The fraction of sp³-hybridized carbons (Fsp3) is 0.581. The van der Waals surface area contributed by atoms with Gasteiger partial charge in [-0.25, -0.2) is 0 Å². The Kier molecular flexibility index (Phi) is 11.3. The van der Waals surface area contributed by atoms with E-state index in [0.29, 0.717) is 69.5 Å². The summed E-state index contributed by atoms with van der Waals surface area (Å²) in [5.41, 5.74) is 4.72. The summed E-state index contributed by atoms with van der Waals surface area (Å²) in [5.74, 6) is -1.00. The summed E-state index contributed by atoms with van der Waals surface area (Å²) in [5, 5.41) is 38.0. The number of aromatic nitrogens is 1. The molecule has 17 nitrogen and oxygen atoms in total. The number of nitrogens with one attached hydrogen (secondary N) is 1. The van der Waals surface area contributed by atoms with E-state index in [2.05, 4.69) is 26.9 Å². The first-order chi connectivity index (χ1) is 28.3. The lowest BCUT2D eigenvalue weighted by Crippen LogP contribution is -2.81. The molecule has 1 spiro atoms. The first kappa shape index (κ1) is 44.9. The van der Waals surface area contributed by atoms with E-state index in [-0.39, 0.29) is 17.4 Å². The number of carbonyl (C=O) groups is 2. The lowest BCUT2D eigenvalue weighted by molar-refractivity contribution is -0.201. The van der Waals surface area contributed by atoms with E-state index in [1.165, 1.54) is 7.11 Å². The molecule has 2 saturated heterocycles. The normalized spacial score (nSPS) is 36.1. The monoisotopic (exact) mass is 869 g/mol. The minimum Gasteiger partial charge on any atom is -0.496 e. The highest BCUT2D eigenvalue weighted by Gasteiger charge is 2.78. The van der Waals surface area contributed by atoms with Crippen LogP contribution in [-0.2, 0) is 42.0 Å². The first-order valence-electron chi connectivity index (χ1n) is 20.7. The third-order valence-corrected chi connectivity index (χ3v) is 15.2. The number of fused-ring (bicyclic) bond motifs is 6. The summed E-state index contributed by atoms with van der Waals surface area (Å²) in [6.45, 7) is 7.39. The molecule has 2 aromatic carbocycles. The lowest BCUT2D eigenvalue weighted by Gasteiger charge is -2.63. The summed E-state index contributed by atoms with van der Waals surface area (Å²) >= 11 is 0. The quantitative estimate of drug-likeness (QED) is 0.104. The Bertz CT molecular complexity index is 2370. The Morgan fingerprint density at radius 2 is 1.72 bits per heavy atom. The van der Waals surface area contributed by atoms with Gasteiger partial charge in [-0.15, -0.1) is 0 Å². The molecule has 2 bridgehead atoms. The molecule has 1 amide bonds. The summed E-state index contributed by atoms with van der Waals surface area (Å²) < 4.78 is 43.8. The molecule has 6 heterocycles. The Balaban J connectivity index is 0.000000885. The van der Waals surface area contributed by atoms with Crippen LogP contribution < -0.4 is 15.4 Å². The van der Waals surface area contributed by atoms with Crippen molar-refractivity contribution in [3.8, 4) is 5.75 Å². The van der Waals surface area contributed by atoms with E-state index in [1.807, 2.05) is 62.2 Å². The number of esters is 1. The van der Waals surface area contributed by atoms with Gasteiger partial charge in [-0.3, -0.25) is 28.5 Å². The van der Waals surface area contributed by atoms with Gasteiger partial charge in [0.15, 0.2) is 5.60 Å². The number of piperidine rings is 1. The van der Waals surface area contributed by atoms with Gasteiger partial charge >= 0.3 is 16.4 Å². The van der Waals surface area contributed by atoms with Crippen molar-refractivity contribution in [2.45, 2.75) is 92.6 Å². The predicted octanol–water partition coefficient (Wildman–Crippen LogP) is 1.25. The van der Waals surface area contributed by atoms with Gasteiger partial charge in [0.2, 0.25) is 0 Å². The number of likely N-dealkylation sites (N-methyl/N-ethyl adjacent to an activating group) is 1. The van der Waals surface area contributed by atoms with Crippen LogP contribution in [0.25, 0.3) is 10.9 Å². The van der Waals surface area contributed by atoms with Crippen molar-refractivity contribution in [2.24, 2.45) is 17.1 Å². The SMILES string of the molecule is CC[C@]1(O)CC2CN(CCc3c([nH]c4ccccc34)[C@@](C(=O)OC)(c3cc4c(cc3OC)N(C)C3[C@@](O)(C(N)=O)C(O)[C@]5(CC)C=CCN6CC[C@]43C65)C2)C1.O.O=S(=O)(O)O. The van der Waals surface area contributed by atoms with E-state index >= 15 is 4.79 Å². The number of aromatic amines is 1. The minimum absolute atomic E-state index is 0. The van der Waals surface area contributed by atoms with Crippen LogP contribution in [0.15, 0.2) is 48.6 Å². The third kappa shape index (κ3) is 6.35. The van der Waals surface area contributed by atoms with Crippen molar-refractivity contribution >= 4 is 38.9 Å². The second kappa shape index (κ2) is 15.3. The van der Waals surface area contributed by atoms with Crippen molar-refractivity contribution in [3.63, 3.8) is 0 Å². The predicted molar refractivity (Wildman–Crippen MR) is 226 cm³/mol. The Labute approximate surface area is 355 Å². The number of para-hydroxylation sites is 1. The zero-order chi connectivity index (χ0) is 43.4. The maximum atomic E-state index is 15.2. The number of ether oxygens (including phenoxy) is 2. The molecule has 10 N–H and O–H groups in total. The molecule has 3 fully saturated rings. The van der Waals surface area contributed by atoms with Gasteiger partial charge in [0, 0.05) is 84.0 Å². The number of amides is 1. The number of nitrogens with two attached hydrogens (primary N) is 1. The Morgan fingerprint density at radius 3 is 2.36 bits per heavy atom. The molecule has 6 aliphatic rings. The van der Waals surface area contributed by atoms with E-state index in [1.54, 1.807) is 7.11 Å². The Morgan fingerprint density at radius 1 is 1.02 bits per heavy atom. The number of rotatable bonds is 6. The molecule has 5 unspecified atom stereocenters. The number of carbonyl (C=O) groups excluding carboxylic acids is 2. The standard InChI is InChI=1S/C43H55N5O7.H2O4S.H2O/c1-6-39(52)21-25-22-42(38(51)55-5,33-27(13-17-47(23-25)24-39)26-11-8-9-12-30(26)45-33)29-19-28-31(20-32(29)54-4)46(3)35-41(28)15-18-48-16-10-14-40(7-2,34(41)48)36(49)43(35,53)37(44)50;1-5(2,3)4;/h8-12,14,19-20,25,34-36,45,49,52-53H,6-7,13,15-18,21-24H2,1-5H3,(H2,44,50);(H2,1,2,3,4);1H2/t25?,34?,35?,36?,39-,40+,41+,42-,43-;;/m0../s1. The molecule has 61 heavy (non-hydrogen) atoms. The van der Waals surface area contributed by atoms with E-state index in [9.17, 15) is 20.1 Å². The van der Waals surface area contributed by atoms with Crippen LogP contribution in [0.4, 0.5) is 5.69 Å². The zero-order valence-corrected chi connectivity index (χ0v) is 36.0. The van der Waals surface area contributed by atoms with Gasteiger partial charge in [-0.05, 0) is 74.2 Å². The molecule has 3 aromatic rings. The van der Waals surface area contributed by atoms with Gasteiger partial charge in [0.25, 0.3) is 5.91 Å². The molecule has 334 valence electrons. The number of primary amides is 1. The van der Waals surface area contributed by atoms with Crippen molar-refractivity contribution < 1.29 is 57.4 Å². The van der Waals surface area contributed by atoms with Crippen LogP contribution in [0.3, 0.4) is 0 Å². The van der Waals surface area contributed by atoms with Crippen molar-refractivity contribution in [2.75, 3.05) is 58.9 Å². The number of hydrogen-bond acceptors (Lipinski definition) is 12. The summed E-state index contributed by atoms with van der Waals surface area (Å²) in [7, 11) is 0.225. The van der Waals surface area contributed by atoms with E-state index in [4.69, 9.17) is 32.7 Å². The number of anilines is 1. The molecule has 9 rings (SSSR count). The van der Waals surface area contributed by atoms with Crippen LogP contribution in [0.1, 0.15) is 68.3 Å². The maximum absolute atomic E-state index is 15.2. The number of nitrogens with zero attached hydrogens (tertiary/aromatic N) is 3. The number of benzene rings is 2. The topological polar surface area (TPSA) is 271 Å². The van der Waals surface area contributed by atoms with Crippen LogP contribution in [0.5, 0.6) is 5.75 Å². The number of aliphatic hydroxyl groups excluding tert-OH is 1. The Hall–Kier alpha value is -4.11. The zero-order valence-electron chi connectivity index (χ0n) is 35.2. The second-order valence-corrected chi connectivity index (χ2v) is 18.8. The number of H-pyrrole nitrogens is 1. The molecule has 1 saturated carbocycles. The van der Waals surface area contributed by atoms with Crippen LogP contribution >= 0.6 is 0 Å². The minimum atomic E-state index is -4.67. The highest BCUT2D eigenvalue weighted by atomic mass is 32.3. The van der Waals surface area contributed by atoms with Crippen LogP contribution in [0.2, 0.25) is 0 Å². The average Bonchev–Trinajstić information content (AvgIpc) is 3.87. The van der Waals surface area contributed by atoms with Crippen LogP contribution in [0, 0.1) is 11.3 Å². The van der Waals surface area contributed by atoms with Crippen LogP contribution in [-0.4, -0.2) is 148 Å². The highest BCUT2D eigenvalue weighted by Crippen LogP contribution is 2.67. The maximum Gasteiger partial charge on any atom is 0.394 e. The second-order valence-electron chi connectivity index (χ2n) is 17.9. The molecule has 18 heteroatoms. The van der Waals surface area contributed by atoms with Crippen molar-refractivity contribution in [1.82, 2.24) is 14.8 Å². The van der Waals surface area contributed by atoms with Gasteiger partial charge < -0.3 is 45.9 Å². The van der Waals surface area contributed by atoms with Gasteiger partial charge in [0.05, 0.1) is 25.9 Å². The molecule has 5 aliphatic heterocycles. The number of hydrogen-bond donors (Lipinski definition) is 7. The number of aliphatic hydroxyl groups is 3. The molecular weight excluding hydrogens is 811 g/mol. The summed E-state index contributed by atoms with van der Waals surface area (Å²) in [6.07, 6.45) is 5.78. The smallest absolute Gasteiger partial charge is 0.394 e. The molecule has 0 radical (unpaired) electrons. The van der Waals surface area contributed by atoms with E-state index < -0.39 is 61.9 Å². The van der Waals surface area contributed by atoms with Crippen molar-refractivity contribution in [1.29, 1.82) is 0 Å². The molecule has 10 atom stereocenters. The highest BCUT2D eigenvalue weighted by molar-refractivity contribution is 7.79. The van der Waals surface area contributed by atoms with Gasteiger partial charge in [-0.2, -0.15) is 8.42 Å². The fourth-order valence-electron chi connectivity index (χ4n) is 13.1. The van der Waals surface area contributed by atoms with Gasteiger partial charge in [0.1, 0.15) is 17.3 Å². The largest absolute Gasteiger partial charge is 0.496 e. The van der Waals surface area contributed by atoms with Gasteiger partial charge in [-0.1, -0.05) is 44.2 Å². The van der Waals surface area contributed by atoms with Crippen molar-refractivity contribution in [3.05, 3.63) is 70.9 Å². The molecule has 1 aromatic heterocycles. The molecular formula is C43H59N5O12S. The first-order valence-corrected chi connectivity index (χ1v) is 22.1.